The highest BCUT2D eigenvalue weighted by Crippen LogP contribution is 2.43. The lowest BCUT2D eigenvalue weighted by atomic mass is 9.90. The zero-order chi connectivity index (χ0) is 62.2. The smallest absolute Gasteiger partial charge is 0.514 e. The SMILES string of the molecule is CCN(CC)c1ccc2c(-c3ccccc3C(=O)N3CCCC3C(=O)NC(CS(=O)(=O)[O-])C(=O)CCCCCCC(=O)NCCOc3cc([N+](=O)[O-])c(C(C)OC(=O)Oc4ccc([N+](=O)[O-])cc4)cc3OC)c3ccc(=[N+](CC)CC)cc-3oc2c1. The number of anilines is 1. The number of methoxy groups -OCH3 is 1. The Kier molecular flexibility index (Phi) is 22.3. The Hall–Kier alpha value is -8.97. The highest BCUT2D eigenvalue weighted by atomic mass is 32.2. The Labute approximate surface area is 497 Å². The number of non-ortho nitro benzene ring substituents is 1. The Morgan fingerprint density at radius 3 is 2.20 bits per heavy atom. The van der Waals surface area contributed by atoms with E-state index in [1.165, 1.54) is 37.1 Å². The van der Waals surface area contributed by atoms with Gasteiger partial charge in [-0.25, -0.2) is 17.8 Å². The molecule has 7 rings (SSSR count). The third-order valence-corrected chi connectivity index (χ3v) is 15.7. The first-order valence-electron chi connectivity index (χ1n) is 28.6. The number of hydrogen-bond acceptors (Lipinski definition) is 18. The van der Waals surface area contributed by atoms with Crippen LogP contribution >= 0.6 is 0 Å². The summed E-state index contributed by atoms with van der Waals surface area (Å²) in [7, 11) is -3.71. The first-order valence-corrected chi connectivity index (χ1v) is 30.2. The lowest BCUT2D eigenvalue weighted by Gasteiger charge is -2.28. The number of ether oxygens (including phenoxy) is 4. The first-order chi connectivity index (χ1) is 41.2. The maximum absolute atomic E-state index is 14.9. The molecule has 0 saturated carbocycles. The Balaban J connectivity index is 0.921. The van der Waals surface area contributed by atoms with Gasteiger partial charge in [-0.1, -0.05) is 31.0 Å². The summed E-state index contributed by atoms with van der Waals surface area (Å²) in [6.07, 6.45) is -0.225. The summed E-state index contributed by atoms with van der Waals surface area (Å²) in [4.78, 5) is 93.1. The molecule has 25 heteroatoms. The van der Waals surface area contributed by atoms with Crippen molar-refractivity contribution in [3.8, 4) is 39.7 Å². The van der Waals surface area contributed by atoms with Gasteiger partial charge in [-0.2, -0.15) is 0 Å². The predicted octanol–water partition coefficient (Wildman–Crippen LogP) is 8.70. The second-order valence-electron chi connectivity index (χ2n) is 20.4. The lowest BCUT2D eigenvalue weighted by molar-refractivity contribution is -0.386. The molecule has 0 bridgehead atoms. The molecular weight excluding hydrogens is 1130 g/mol. The zero-order valence-electron chi connectivity index (χ0n) is 48.9. The van der Waals surface area contributed by atoms with E-state index in [9.17, 15) is 57.2 Å². The van der Waals surface area contributed by atoms with Crippen LogP contribution in [0.4, 0.5) is 21.9 Å². The van der Waals surface area contributed by atoms with Crippen LogP contribution in [0.25, 0.3) is 33.4 Å². The van der Waals surface area contributed by atoms with Crippen molar-refractivity contribution in [1.29, 1.82) is 0 Å². The highest BCUT2D eigenvalue weighted by molar-refractivity contribution is 7.85. The summed E-state index contributed by atoms with van der Waals surface area (Å²) in [6, 6.07) is 23.5. The molecule has 1 fully saturated rings. The zero-order valence-corrected chi connectivity index (χ0v) is 49.7. The fourth-order valence-corrected chi connectivity index (χ4v) is 11.3. The van der Waals surface area contributed by atoms with Gasteiger partial charge in [0.1, 0.15) is 55.0 Å². The van der Waals surface area contributed by atoms with Crippen molar-refractivity contribution in [3.63, 3.8) is 0 Å². The molecule has 0 aromatic heterocycles. The summed E-state index contributed by atoms with van der Waals surface area (Å²) in [5.41, 5.74) is 3.34. The van der Waals surface area contributed by atoms with Gasteiger partial charge in [-0.05, 0) is 108 Å². The fraction of sp³-hybridized carbons (Fsp3) is 0.410. The topological polar surface area (TPSA) is 312 Å². The average Bonchev–Trinajstić information content (AvgIpc) is 1.17. The van der Waals surface area contributed by atoms with Crippen molar-refractivity contribution in [3.05, 3.63) is 134 Å². The number of carbonyl (C=O) groups is 5. The van der Waals surface area contributed by atoms with E-state index < -0.39 is 73.3 Å². The number of unbranched alkanes of at least 4 members (excludes halogenated alkanes) is 3. The van der Waals surface area contributed by atoms with Gasteiger partial charge in [0, 0.05) is 84.5 Å². The number of Topliss-reactive ketones (excluding diaryl/α,β-unsaturated/α-hetero) is 1. The number of ketones is 1. The van der Waals surface area contributed by atoms with Gasteiger partial charge >= 0.3 is 6.16 Å². The quantitative estimate of drug-likeness (QED) is 0.00648. The van der Waals surface area contributed by atoms with E-state index in [0.717, 1.165) is 71.9 Å². The minimum atomic E-state index is -5.00. The molecule has 3 unspecified atom stereocenters. The van der Waals surface area contributed by atoms with Crippen LogP contribution in [-0.4, -0.2) is 128 Å². The molecule has 4 aromatic rings. The number of likely N-dealkylation sites (tertiary alicyclic amines) is 1. The molecule has 1 saturated heterocycles. The van der Waals surface area contributed by atoms with Gasteiger partial charge in [0.25, 0.3) is 17.3 Å². The molecule has 4 aromatic carbocycles. The number of hydrogen-bond donors (Lipinski definition) is 2. The van der Waals surface area contributed by atoms with E-state index >= 15 is 0 Å². The summed E-state index contributed by atoms with van der Waals surface area (Å²) >= 11 is 0. The van der Waals surface area contributed by atoms with Crippen molar-refractivity contribution in [2.45, 2.75) is 104 Å². The minimum Gasteiger partial charge on any atom is -0.748 e. The molecule has 2 N–H and O–H groups in total. The van der Waals surface area contributed by atoms with Crippen molar-refractivity contribution in [2.24, 2.45) is 0 Å². The number of fused-ring (bicyclic) bond motifs is 2. The Morgan fingerprint density at radius 2 is 1.53 bits per heavy atom. The van der Waals surface area contributed by atoms with E-state index in [1.54, 1.807) is 12.1 Å². The maximum Gasteiger partial charge on any atom is 0.514 e. The number of rotatable bonds is 29. The molecule has 0 spiro atoms. The van der Waals surface area contributed by atoms with Crippen molar-refractivity contribution in [2.75, 3.05) is 63.6 Å². The normalized spacial score (nSPS) is 13.8. The van der Waals surface area contributed by atoms with Gasteiger partial charge in [0.05, 0.1) is 57.1 Å². The van der Waals surface area contributed by atoms with Crippen molar-refractivity contribution >= 4 is 67.8 Å². The van der Waals surface area contributed by atoms with Crippen LogP contribution in [0, 0.1) is 20.2 Å². The number of nitro groups is 2. The molecule has 2 heterocycles. The van der Waals surface area contributed by atoms with Crippen LogP contribution < -0.4 is 39.7 Å². The average molecular weight is 1210 g/mol. The summed E-state index contributed by atoms with van der Waals surface area (Å²) in [6.45, 7) is 12.9. The third kappa shape index (κ3) is 16.3. The van der Waals surface area contributed by atoms with Gasteiger partial charge in [0.15, 0.2) is 17.3 Å². The van der Waals surface area contributed by atoms with Gasteiger partial charge in [0.2, 0.25) is 17.2 Å². The van der Waals surface area contributed by atoms with E-state index in [-0.39, 0.29) is 79.8 Å². The molecule has 3 atom stereocenters. The Bertz CT molecular complexity index is 3620. The molecular formula is C61H71N7O17S. The molecule has 458 valence electrons. The maximum atomic E-state index is 14.9. The number of nitro benzene ring substituents is 2. The van der Waals surface area contributed by atoms with Crippen LogP contribution in [0.3, 0.4) is 0 Å². The number of nitrogens with one attached hydrogen (secondary N) is 2. The van der Waals surface area contributed by atoms with Gasteiger partial charge in [-0.3, -0.25) is 39.4 Å². The number of carbonyl (C=O) groups excluding carboxylic acids is 5. The second-order valence-corrected chi connectivity index (χ2v) is 21.9. The molecule has 2 aliphatic heterocycles. The third-order valence-electron chi connectivity index (χ3n) is 15.0. The largest absolute Gasteiger partial charge is 0.748 e. The molecule has 86 heavy (non-hydrogen) atoms. The van der Waals surface area contributed by atoms with Crippen LogP contribution in [0.2, 0.25) is 0 Å². The summed E-state index contributed by atoms with van der Waals surface area (Å²) < 4.78 is 66.7. The lowest BCUT2D eigenvalue weighted by Crippen LogP contribution is -2.52. The van der Waals surface area contributed by atoms with Gasteiger partial charge < -0.3 is 48.4 Å². The molecule has 0 radical (unpaired) electrons. The predicted molar refractivity (Wildman–Crippen MR) is 318 cm³/mol. The standard InChI is InChI=1S/C61H71N7O17S/c1-7-64(8-2)41-25-29-46-53(34-41)85-54-35-42(65(9-3)10-4)26-30-47(54)58(46)44-18-15-16-19-45(44)60(72)66-32-17-20-50(66)59(71)63-49(38-86(78,79)80)52(69)21-13-11-12-14-22-57(70)62-31-33-82-56-37-51(68(76)77)48(36-55(56)81-6)39(5)83-61(73)84-43-27-23-40(24-28-43)67(74)75/h15-16,18-19,23-30,34-37,39,49-50H,7-14,17,20-22,31-33,38H2,1-6H3,(H2-,62,63,70,71,78,79,80). The van der Waals surface area contributed by atoms with Crippen LogP contribution in [0.15, 0.2) is 101 Å². The van der Waals surface area contributed by atoms with E-state index in [2.05, 4.69) is 47.8 Å². The fourth-order valence-electron chi connectivity index (χ4n) is 10.6. The molecule has 3 aliphatic rings. The Morgan fingerprint density at radius 1 is 0.826 bits per heavy atom. The summed E-state index contributed by atoms with van der Waals surface area (Å²) in [5, 5.41) is 30.0. The first kappa shape index (κ1) is 64.6. The molecule has 3 amide bonds. The van der Waals surface area contributed by atoms with E-state index in [4.69, 9.17) is 23.4 Å². The second kappa shape index (κ2) is 29.7. The number of nitrogens with zero attached hydrogens (tertiary/aromatic N) is 5. The van der Waals surface area contributed by atoms with Gasteiger partial charge in [-0.15, -0.1) is 0 Å². The minimum absolute atomic E-state index is 0.00574. The summed E-state index contributed by atoms with van der Waals surface area (Å²) in [5.74, 6) is -2.78. The number of amides is 3. The number of benzene rings is 5. The highest BCUT2D eigenvalue weighted by Gasteiger charge is 2.38. The van der Waals surface area contributed by atoms with Crippen molar-refractivity contribution < 1.29 is 70.2 Å². The van der Waals surface area contributed by atoms with Crippen LogP contribution in [0.1, 0.15) is 108 Å². The van der Waals surface area contributed by atoms with Crippen molar-refractivity contribution in [1.82, 2.24) is 20.1 Å². The molecule has 1 aliphatic carbocycles. The van der Waals surface area contributed by atoms with E-state index in [0.29, 0.717) is 48.2 Å². The van der Waals surface area contributed by atoms with E-state index in [1.807, 2.05) is 48.5 Å². The van der Waals surface area contributed by atoms with Crippen LogP contribution in [-0.2, 0) is 29.2 Å². The monoisotopic (exact) mass is 1210 g/mol. The van der Waals surface area contributed by atoms with Crippen LogP contribution in [0.5, 0.6) is 17.2 Å². The molecule has 24 nitrogen and oxygen atoms in total.